The third-order valence-electron chi connectivity index (χ3n) is 11.6. The number of hydrogen-bond donors (Lipinski definition) is 0. The Kier molecular flexibility index (Phi) is 8.87. The van der Waals surface area contributed by atoms with Gasteiger partial charge in [-0.1, -0.05) is 170 Å². The molecule has 60 heavy (non-hydrogen) atoms. The van der Waals surface area contributed by atoms with Gasteiger partial charge in [0.1, 0.15) is 11.2 Å². The van der Waals surface area contributed by atoms with E-state index in [0.29, 0.717) is 0 Å². The number of furan rings is 1. The zero-order valence-electron chi connectivity index (χ0n) is 32.9. The second-order valence-electron chi connectivity index (χ2n) is 15.3. The molecule has 0 aliphatic heterocycles. The van der Waals surface area contributed by atoms with E-state index in [1.165, 1.54) is 38.6 Å². The van der Waals surface area contributed by atoms with Gasteiger partial charge in [-0.05, 0) is 133 Å². The molecule has 0 radical (unpaired) electrons. The Morgan fingerprint density at radius 3 is 1.52 bits per heavy atom. The molecule has 2 heteroatoms. The predicted octanol–water partition coefficient (Wildman–Crippen LogP) is 16.5. The number of rotatable bonds is 8. The summed E-state index contributed by atoms with van der Waals surface area (Å²) in [5, 5.41) is 4.77. The second kappa shape index (κ2) is 15.1. The van der Waals surface area contributed by atoms with E-state index in [1.54, 1.807) is 0 Å². The highest BCUT2D eigenvalue weighted by Gasteiger charge is 2.18. The molecule has 0 aliphatic carbocycles. The first-order valence-corrected chi connectivity index (χ1v) is 20.5. The Morgan fingerprint density at radius 1 is 0.250 bits per heavy atom. The Hall–Kier alpha value is -7.94. The van der Waals surface area contributed by atoms with Crippen molar-refractivity contribution in [2.75, 3.05) is 4.90 Å². The van der Waals surface area contributed by atoms with Crippen LogP contribution in [0.2, 0.25) is 0 Å². The lowest BCUT2D eigenvalue weighted by atomic mass is 9.95. The van der Waals surface area contributed by atoms with Gasteiger partial charge in [0, 0.05) is 27.8 Å². The molecule has 282 valence electrons. The van der Waals surface area contributed by atoms with Crippen LogP contribution in [0.4, 0.5) is 17.1 Å². The third-order valence-corrected chi connectivity index (χ3v) is 11.6. The molecule has 0 fully saturated rings. The van der Waals surface area contributed by atoms with E-state index >= 15 is 0 Å². The summed E-state index contributed by atoms with van der Waals surface area (Å²) in [6.07, 6.45) is 0. The van der Waals surface area contributed by atoms with Crippen LogP contribution in [0.5, 0.6) is 0 Å². The van der Waals surface area contributed by atoms with E-state index in [4.69, 9.17) is 4.42 Å². The monoisotopic (exact) mass is 765 g/mol. The fraction of sp³-hybridized carbons (Fsp3) is 0. The van der Waals surface area contributed by atoms with Crippen LogP contribution >= 0.6 is 0 Å². The van der Waals surface area contributed by atoms with Gasteiger partial charge in [-0.3, -0.25) is 0 Å². The average molecular weight is 766 g/mol. The van der Waals surface area contributed by atoms with Gasteiger partial charge in [0.15, 0.2) is 0 Å². The number of para-hydroxylation sites is 1. The standard InChI is InChI=1S/C58H39NO/c1-3-14-40(15-4-1)48-35-49(41-16-5-2-6-17-41)38-52(37-48)59(50-31-28-42(29-32-50)46-30-33-56-55-25-9-10-27-57(55)60-58(56)39-46)51-23-12-21-45(36-51)44-20-11-22-47(34-44)54-26-13-19-43-18-7-8-24-53(43)54/h1-39H. The summed E-state index contributed by atoms with van der Waals surface area (Å²) >= 11 is 0. The zero-order valence-corrected chi connectivity index (χ0v) is 32.9. The van der Waals surface area contributed by atoms with Crippen molar-refractivity contribution in [2.24, 2.45) is 0 Å². The molecule has 0 N–H and O–H groups in total. The van der Waals surface area contributed by atoms with Crippen molar-refractivity contribution in [3.05, 3.63) is 237 Å². The first-order valence-electron chi connectivity index (χ1n) is 20.5. The summed E-state index contributed by atoms with van der Waals surface area (Å²) in [6, 6.07) is 85.0. The van der Waals surface area contributed by atoms with Crippen molar-refractivity contribution in [3.8, 4) is 55.6 Å². The normalized spacial score (nSPS) is 11.3. The van der Waals surface area contributed by atoms with Crippen LogP contribution in [0.3, 0.4) is 0 Å². The summed E-state index contributed by atoms with van der Waals surface area (Å²) in [5.41, 5.74) is 16.7. The largest absolute Gasteiger partial charge is 0.456 e. The van der Waals surface area contributed by atoms with E-state index < -0.39 is 0 Å². The average Bonchev–Trinajstić information content (AvgIpc) is 3.70. The number of fused-ring (bicyclic) bond motifs is 4. The van der Waals surface area contributed by atoms with Crippen LogP contribution in [0, 0.1) is 0 Å². The molecule has 11 rings (SSSR count). The first-order chi connectivity index (χ1) is 29.7. The van der Waals surface area contributed by atoms with Gasteiger partial charge in [-0.25, -0.2) is 0 Å². The molecule has 0 spiro atoms. The summed E-state index contributed by atoms with van der Waals surface area (Å²) < 4.78 is 6.28. The maximum Gasteiger partial charge on any atom is 0.136 e. The van der Waals surface area contributed by atoms with E-state index in [9.17, 15) is 0 Å². The molecule has 2 nitrogen and oxygen atoms in total. The van der Waals surface area contributed by atoms with Crippen molar-refractivity contribution >= 4 is 49.8 Å². The van der Waals surface area contributed by atoms with Crippen LogP contribution in [0.15, 0.2) is 241 Å². The van der Waals surface area contributed by atoms with Crippen molar-refractivity contribution in [1.29, 1.82) is 0 Å². The SMILES string of the molecule is c1ccc(-c2cc(-c3ccccc3)cc(N(c3ccc(-c4ccc5c(c4)oc4ccccc45)cc3)c3cccc(-c4cccc(-c5cccc6ccccc56)c4)c3)c2)cc1. The molecule has 1 aromatic heterocycles. The van der Waals surface area contributed by atoms with Gasteiger partial charge in [0.2, 0.25) is 0 Å². The van der Waals surface area contributed by atoms with Crippen molar-refractivity contribution in [3.63, 3.8) is 0 Å². The number of nitrogens with zero attached hydrogens (tertiary/aromatic N) is 1. The van der Waals surface area contributed by atoms with Crippen LogP contribution < -0.4 is 4.90 Å². The van der Waals surface area contributed by atoms with Gasteiger partial charge in [0.25, 0.3) is 0 Å². The Labute approximate surface area is 349 Å². The second-order valence-corrected chi connectivity index (χ2v) is 15.3. The highest BCUT2D eigenvalue weighted by molar-refractivity contribution is 6.06. The van der Waals surface area contributed by atoms with E-state index in [0.717, 1.165) is 66.8 Å². The molecule has 10 aromatic carbocycles. The maximum atomic E-state index is 6.28. The van der Waals surface area contributed by atoms with Crippen LogP contribution in [-0.4, -0.2) is 0 Å². The van der Waals surface area contributed by atoms with Gasteiger partial charge >= 0.3 is 0 Å². The molecule has 11 aromatic rings. The lowest BCUT2D eigenvalue weighted by Gasteiger charge is -2.27. The fourth-order valence-corrected chi connectivity index (χ4v) is 8.66. The van der Waals surface area contributed by atoms with Crippen LogP contribution in [0.1, 0.15) is 0 Å². The molecule has 0 bridgehead atoms. The summed E-state index contributed by atoms with van der Waals surface area (Å²) in [6.45, 7) is 0. The van der Waals surface area contributed by atoms with Gasteiger partial charge in [-0.15, -0.1) is 0 Å². The van der Waals surface area contributed by atoms with Crippen molar-refractivity contribution in [2.45, 2.75) is 0 Å². The Morgan fingerprint density at radius 2 is 0.750 bits per heavy atom. The maximum absolute atomic E-state index is 6.28. The van der Waals surface area contributed by atoms with Gasteiger partial charge < -0.3 is 9.32 Å². The number of benzene rings is 10. The van der Waals surface area contributed by atoms with E-state index in [-0.39, 0.29) is 0 Å². The first kappa shape index (κ1) is 35.2. The minimum Gasteiger partial charge on any atom is -0.456 e. The van der Waals surface area contributed by atoms with Crippen LogP contribution in [-0.2, 0) is 0 Å². The number of hydrogen-bond acceptors (Lipinski definition) is 2. The summed E-state index contributed by atoms with van der Waals surface area (Å²) in [4.78, 5) is 2.39. The highest BCUT2D eigenvalue weighted by Crippen LogP contribution is 2.42. The van der Waals surface area contributed by atoms with E-state index in [1.807, 2.05) is 12.1 Å². The molecule has 0 unspecified atom stereocenters. The molecular formula is C58H39NO. The van der Waals surface area contributed by atoms with Crippen LogP contribution in [0.25, 0.3) is 88.3 Å². The van der Waals surface area contributed by atoms with E-state index in [2.05, 4.69) is 229 Å². The Balaban J connectivity index is 1.05. The van der Waals surface area contributed by atoms with Gasteiger partial charge in [0.05, 0.1) is 0 Å². The fourth-order valence-electron chi connectivity index (χ4n) is 8.66. The minimum absolute atomic E-state index is 0.895. The molecule has 0 saturated carbocycles. The molecular weight excluding hydrogens is 727 g/mol. The lowest BCUT2D eigenvalue weighted by Crippen LogP contribution is -2.10. The molecule has 0 amide bonds. The number of anilines is 3. The smallest absolute Gasteiger partial charge is 0.136 e. The van der Waals surface area contributed by atoms with Gasteiger partial charge in [-0.2, -0.15) is 0 Å². The molecule has 0 atom stereocenters. The lowest BCUT2D eigenvalue weighted by molar-refractivity contribution is 0.669. The summed E-state index contributed by atoms with van der Waals surface area (Å²) in [7, 11) is 0. The highest BCUT2D eigenvalue weighted by atomic mass is 16.3. The van der Waals surface area contributed by atoms with Crippen molar-refractivity contribution in [1.82, 2.24) is 0 Å². The minimum atomic E-state index is 0.895. The molecule has 0 saturated heterocycles. The topological polar surface area (TPSA) is 16.4 Å². The quantitative estimate of drug-likeness (QED) is 0.153. The molecule has 0 aliphatic rings. The predicted molar refractivity (Wildman–Crippen MR) is 253 cm³/mol. The zero-order chi connectivity index (χ0) is 39.8. The summed E-state index contributed by atoms with van der Waals surface area (Å²) in [5.74, 6) is 0. The third kappa shape index (κ3) is 6.61. The Bertz CT molecular complexity index is 3250. The van der Waals surface area contributed by atoms with Crippen molar-refractivity contribution < 1.29 is 4.42 Å². The molecule has 1 heterocycles.